The molecule has 22 heavy (non-hydrogen) atoms. The van der Waals surface area contributed by atoms with E-state index in [4.69, 9.17) is 5.11 Å². The number of anilines is 1. The summed E-state index contributed by atoms with van der Waals surface area (Å²) < 4.78 is 0. The van der Waals surface area contributed by atoms with Gasteiger partial charge in [-0.25, -0.2) is 0 Å². The van der Waals surface area contributed by atoms with Crippen molar-refractivity contribution in [2.75, 3.05) is 11.4 Å². The van der Waals surface area contributed by atoms with Crippen LogP contribution in [0.1, 0.15) is 10.4 Å². The van der Waals surface area contributed by atoms with Crippen LogP contribution in [0, 0.1) is 10.1 Å². The van der Waals surface area contributed by atoms with Gasteiger partial charge in [-0.1, -0.05) is 24.3 Å². The van der Waals surface area contributed by atoms with Gasteiger partial charge < -0.3 is 5.11 Å². The van der Waals surface area contributed by atoms with Gasteiger partial charge in [0.1, 0.15) is 6.54 Å². The monoisotopic (exact) mass is 300 g/mol. The van der Waals surface area contributed by atoms with Gasteiger partial charge in [0.05, 0.1) is 4.92 Å². The summed E-state index contributed by atoms with van der Waals surface area (Å²) >= 11 is 0. The molecule has 0 aliphatic heterocycles. The summed E-state index contributed by atoms with van der Waals surface area (Å²) in [6.45, 7) is -0.536. The standard InChI is InChI=1S/C15H12N2O5/c18-14(19)10-16(12-6-2-1-3-7-12)15(20)11-5-4-8-13(9-11)17(21)22/h1-9H,10H2,(H,18,19). The molecule has 1 amide bonds. The average molecular weight is 300 g/mol. The highest BCUT2D eigenvalue weighted by molar-refractivity contribution is 6.08. The highest BCUT2D eigenvalue weighted by atomic mass is 16.6. The molecule has 7 nitrogen and oxygen atoms in total. The molecule has 0 radical (unpaired) electrons. The van der Waals surface area contributed by atoms with Gasteiger partial charge in [-0.2, -0.15) is 0 Å². The van der Waals surface area contributed by atoms with Gasteiger partial charge in [0.25, 0.3) is 11.6 Å². The minimum absolute atomic E-state index is 0.0549. The summed E-state index contributed by atoms with van der Waals surface area (Å²) in [6, 6.07) is 13.5. The second kappa shape index (κ2) is 6.49. The number of aliphatic carboxylic acids is 1. The quantitative estimate of drug-likeness (QED) is 0.674. The summed E-state index contributed by atoms with van der Waals surface area (Å²) in [5, 5.41) is 19.8. The molecule has 0 saturated carbocycles. The number of nitrogens with zero attached hydrogens (tertiary/aromatic N) is 2. The lowest BCUT2D eigenvalue weighted by Crippen LogP contribution is -2.35. The van der Waals surface area contributed by atoms with Crippen molar-refractivity contribution in [2.24, 2.45) is 0 Å². The molecule has 0 fully saturated rings. The molecule has 0 aliphatic carbocycles. The molecule has 2 aromatic carbocycles. The Bertz CT molecular complexity index is 715. The fraction of sp³-hybridized carbons (Fsp3) is 0.0667. The number of carboxylic acids is 1. The first-order valence-corrected chi connectivity index (χ1v) is 6.32. The molecule has 0 saturated heterocycles. The van der Waals surface area contributed by atoms with Crippen molar-refractivity contribution in [3.05, 3.63) is 70.3 Å². The SMILES string of the molecule is O=C(O)CN(C(=O)c1cccc([N+](=O)[O-])c1)c1ccccc1. The largest absolute Gasteiger partial charge is 0.480 e. The van der Waals surface area contributed by atoms with Crippen LogP contribution in [-0.4, -0.2) is 28.5 Å². The molecular formula is C15H12N2O5. The Labute approximate surface area is 125 Å². The van der Waals surface area contributed by atoms with E-state index in [0.29, 0.717) is 5.69 Å². The molecular weight excluding hydrogens is 288 g/mol. The van der Waals surface area contributed by atoms with E-state index >= 15 is 0 Å². The second-order valence-electron chi connectivity index (χ2n) is 4.43. The number of amides is 1. The number of non-ortho nitro benzene ring substituents is 1. The van der Waals surface area contributed by atoms with Crippen LogP contribution in [0.5, 0.6) is 0 Å². The van der Waals surface area contributed by atoms with Crippen LogP contribution in [0.25, 0.3) is 0 Å². The molecule has 0 atom stereocenters. The molecule has 1 N–H and O–H groups in total. The first kappa shape index (κ1) is 15.2. The van der Waals surface area contributed by atoms with Gasteiger partial charge in [0, 0.05) is 23.4 Å². The Morgan fingerprint density at radius 1 is 1.09 bits per heavy atom. The minimum Gasteiger partial charge on any atom is -0.480 e. The number of carbonyl (C=O) groups excluding carboxylic acids is 1. The smallest absolute Gasteiger partial charge is 0.323 e. The molecule has 0 aliphatic rings. The minimum atomic E-state index is -1.18. The van der Waals surface area contributed by atoms with Crippen LogP contribution in [0.15, 0.2) is 54.6 Å². The number of hydrogen-bond acceptors (Lipinski definition) is 4. The number of carbonyl (C=O) groups is 2. The van der Waals surface area contributed by atoms with Gasteiger partial charge >= 0.3 is 5.97 Å². The van der Waals surface area contributed by atoms with E-state index in [9.17, 15) is 19.7 Å². The molecule has 7 heteroatoms. The topological polar surface area (TPSA) is 101 Å². The molecule has 112 valence electrons. The van der Waals surface area contributed by atoms with Crippen LogP contribution in [0.2, 0.25) is 0 Å². The summed E-state index contributed by atoms with van der Waals surface area (Å²) in [7, 11) is 0. The van der Waals surface area contributed by atoms with Crippen LogP contribution >= 0.6 is 0 Å². The lowest BCUT2D eigenvalue weighted by Gasteiger charge is -2.20. The number of carboxylic acid groups (broad SMARTS) is 1. The Kier molecular flexibility index (Phi) is 4.47. The molecule has 2 aromatic rings. The fourth-order valence-electron chi connectivity index (χ4n) is 1.93. The molecule has 2 rings (SSSR count). The van der Waals surface area contributed by atoms with Crippen molar-refractivity contribution in [3.63, 3.8) is 0 Å². The van der Waals surface area contributed by atoms with Crippen molar-refractivity contribution >= 4 is 23.3 Å². The van der Waals surface area contributed by atoms with Crippen molar-refractivity contribution in [3.8, 4) is 0 Å². The van der Waals surface area contributed by atoms with Gasteiger partial charge in [0.15, 0.2) is 0 Å². The summed E-state index contributed by atoms with van der Waals surface area (Å²) in [5.74, 6) is -1.79. The number of nitro benzene ring substituents is 1. The number of benzene rings is 2. The van der Waals surface area contributed by atoms with Crippen molar-refractivity contribution in [1.82, 2.24) is 0 Å². The van der Waals surface area contributed by atoms with Crippen molar-refractivity contribution in [1.29, 1.82) is 0 Å². The van der Waals surface area contributed by atoms with E-state index in [-0.39, 0.29) is 11.3 Å². The molecule has 0 bridgehead atoms. The predicted molar refractivity (Wildman–Crippen MR) is 78.9 cm³/mol. The number of rotatable bonds is 5. The van der Waals surface area contributed by atoms with Crippen LogP contribution in [0.3, 0.4) is 0 Å². The highest BCUT2D eigenvalue weighted by Crippen LogP contribution is 2.19. The Morgan fingerprint density at radius 2 is 1.77 bits per heavy atom. The van der Waals surface area contributed by atoms with Gasteiger partial charge in [0.2, 0.25) is 0 Å². The van der Waals surface area contributed by atoms with E-state index in [0.717, 1.165) is 11.0 Å². The van der Waals surface area contributed by atoms with E-state index in [1.165, 1.54) is 18.2 Å². The zero-order valence-electron chi connectivity index (χ0n) is 11.4. The number of hydrogen-bond donors (Lipinski definition) is 1. The first-order valence-electron chi connectivity index (χ1n) is 6.32. The third kappa shape index (κ3) is 3.45. The van der Waals surface area contributed by atoms with Gasteiger partial charge in [-0.05, 0) is 18.2 Å². The average Bonchev–Trinajstić information content (AvgIpc) is 2.52. The van der Waals surface area contributed by atoms with E-state index < -0.39 is 23.3 Å². The van der Waals surface area contributed by atoms with Gasteiger partial charge in [-0.3, -0.25) is 24.6 Å². The second-order valence-corrected chi connectivity index (χ2v) is 4.43. The lowest BCUT2D eigenvalue weighted by molar-refractivity contribution is -0.384. The van der Waals surface area contributed by atoms with Gasteiger partial charge in [-0.15, -0.1) is 0 Å². The van der Waals surface area contributed by atoms with E-state index in [1.54, 1.807) is 30.3 Å². The molecule has 0 aromatic heterocycles. The zero-order chi connectivity index (χ0) is 16.1. The molecule has 0 heterocycles. The predicted octanol–water partition coefficient (Wildman–Crippen LogP) is 2.33. The molecule has 0 unspecified atom stereocenters. The highest BCUT2D eigenvalue weighted by Gasteiger charge is 2.21. The van der Waals surface area contributed by atoms with Crippen LogP contribution < -0.4 is 4.90 Å². The molecule has 0 spiro atoms. The van der Waals surface area contributed by atoms with Crippen LogP contribution in [-0.2, 0) is 4.79 Å². The lowest BCUT2D eigenvalue weighted by atomic mass is 10.1. The zero-order valence-corrected chi connectivity index (χ0v) is 11.4. The van der Waals surface area contributed by atoms with Crippen molar-refractivity contribution < 1.29 is 19.6 Å². The first-order chi connectivity index (χ1) is 10.5. The third-order valence-electron chi connectivity index (χ3n) is 2.91. The Morgan fingerprint density at radius 3 is 2.36 bits per heavy atom. The Hall–Kier alpha value is -3.22. The summed E-state index contributed by atoms with van der Waals surface area (Å²) in [6.07, 6.45) is 0. The maximum absolute atomic E-state index is 12.5. The fourth-order valence-corrected chi connectivity index (χ4v) is 1.93. The van der Waals surface area contributed by atoms with E-state index in [2.05, 4.69) is 0 Å². The number of para-hydroxylation sites is 1. The summed E-state index contributed by atoms with van der Waals surface area (Å²) in [5.41, 5.74) is 0.231. The normalized spacial score (nSPS) is 10.0. The summed E-state index contributed by atoms with van der Waals surface area (Å²) in [4.78, 5) is 34.7. The number of nitro groups is 1. The van der Waals surface area contributed by atoms with Crippen LogP contribution in [0.4, 0.5) is 11.4 Å². The van der Waals surface area contributed by atoms with Crippen molar-refractivity contribution in [2.45, 2.75) is 0 Å². The maximum atomic E-state index is 12.5. The third-order valence-corrected chi connectivity index (χ3v) is 2.91. The van der Waals surface area contributed by atoms with E-state index in [1.807, 2.05) is 0 Å². The Balaban J connectivity index is 2.39. The maximum Gasteiger partial charge on any atom is 0.323 e.